The number of hydrogen-bond acceptors (Lipinski definition) is 5. The highest BCUT2D eigenvalue weighted by Gasteiger charge is 2.21. The van der Waals surface area contributed by atoms with Crippen molar-refractivity contribution in [1.82, 2.24) is 20.5 Å². The van der Waals surface area contributed by atoms with Gasteiger partial charge < -0.3 is 19.8 Å². The summed E-state index contributed by atoms with van der Waals surface area (Å²) in [5, 5.41) is 7.58. The lowest BCUT2D eigenvalue weighted by Gasteiger charge is -2.31. The second-order valence-corrected chi connectivity index (χ2v) is 8.46. The maximum Gasteiger partial charge on any atom is 0.208 e. The molecule has 0 bridgehead atoms. The van der Waals surface area contributed by atoms with E-state index >= 15 is 0 Å². The Morgan fingerprint density at radius 1 is 1.29 bits per heavy atom. The molecule has 1 aromatic carbocycles. The zero-order chi connectivity index (χ0) is 22.2. The van der Waals surface area contributed by atoms with E-state index in [1.165, 1.54) is 0 Å². The Morgan fingerprint density at radius 2 is 2.06 bits per heavy atom. The van der Waals surface area contributed by atoms with Crippen LogP contribution < -0.4 is 15.4 Å². The van der Waals surface area contributed by atoms with Crippen molar-refractivity contribution in [1.29, 1.82) is 0 Å². The molecule has 1 aliphatic heterocycles. The van der Waals surface area contributed by atoms with Crippen LogP contribution in [0.25, 0.3) is 0 Å². The number of oxazole rings is 1. The number of aromatic nitrogens is 1. The summed E-state index contributed by atoms with van der Waals surface area (Å²) in [7, 11) is 3.45. The first-order valence-corrected chi connectivity index (χ1v) is 11.3. The molecule has 3 rings (SSSR count). The van der Waals surface area contributed by atoms with Crippen molar-refractivity contribution in [2.75, 3.05) is 40.3 Å². The van der Waals surface area contributed by atoms with Gasteiger partial charge in [0.25, 0.3) is 0 Å². The van der Waals surface area contributed by atoms with E-state index in [1.54, 1.807) is 14.2 Å². The number of benzene rings is 1. The van der Waals surface area contributed by atoms with Crippen LogP contribution in [0.2, 0.25) is 5.02 Å². The molecule has 0 unspecified atom stereocenters. The van der Waals surface area contributed by atoms with Crippen LogP contribution in [-0.2, 0) is 13.0 Å². The normalized spacial score (nSPS) is 15.8. The molecule has 1 aromatic heterocycles. The fourth-order valence-electron chi connectivity index (χ4n) is 3.78. The zero-order valence-electron chi connectivity index (χ0n) is 19.0. The molecule has 1 saturated heterocycles. The number of guanidine groups is 1. The van der Waals surface area contributed by atoms with Gasteiger partial charge in [-0.2, -0.15) is 0 Å². The van der Waals surface area contributed by atoms with Gasteiger partial charge in [0.2, 0.25) is 5.89 Å². The van der Waals surface area contributed by atoms with E-state index < -0.39 is 0 Å². The van der Waals surface area contributed by atoms with E-state index in [2.05, 4.69) is 25.5 Å². The predicted molar refractivity (Wildman–Crippen MR) is 125 cm³/mol. The average molecular weight is 448 g/mol. The number of halogens is 1. The van der Waals surface area contributed by atoms with Gasteiger partial charge >= 0.3 is 0 Å². The zero-order valence-corrected chi connectivity index (χ0v) is 19.8. The number of piperidine rings is 1. The third kappa shape index (κ3) is 6.87. The van der Waals surface area contributed by atoms with Gasteiger partial charge in [-0.1, -0.05) is 17.7 Å². The van der Waals surface area contributed by atoms with E-state index in [1.807, 2.05) is 32.0 Å². The molecule has 0 radical (unpaired) electrons. The number of hydrogen-bond donors (Lipinski definition) is 2. The first-order chi connectivity index (χ1) is 15.0. The van der Waals surface area contributed by atoms with Crippen molar-refractivity contribution < 1.29 is 9.15 Å². The molecule has 0 atom stereocenters. The SMILES string of the molecule is CN=C(NCCc1ccc(OC)cc1Cl)NCC1CCN(Cc2nc(C)c(C)o2)CC1. The van der Waals surface area contributed by atoms with Crippen LogP contribution in [0, 0.1) is 19.8 Å². The standard InChI is InChI=1S/C23H34ClN5O2/c1-16-17(2)31-22(28-16)15-29-11-8-18(9-12-29)14-27-23(25-3)26-10-7-19-5-6-20(30-4)13-21(19)24/h5-6,13,18H,7-12,14-15H2,1-4H3,(H2,25,26,27). The van der Waals surface area contributed by atoms with Crippen molar-refractivity contribution in [3.05, 3.63) is 46.1 Å². The van der Waals surface area contributed by atoms with Crippen molar-refractivity contribution in [2.24, 2.45) is 10.9 Å². The molecule has 170 valence electrons. The lowest BCUT2D eigenvalue weighted by molar-refractivity contribution is 0.164. The van der Waals surface area contributed by atoms with E-state index in [0.717, 1.165) is 91.6 Å². The van der Waals surface area contributed by atoms with E-state index in [0.29, 0.717) is 5.92 Å². The van der Waals surface area contributed by atoms with Gasteiger partial charge in [0, 0.05) is 25.2 Å². The van der Waals surface area contributed by atoms with Gasteiger partial charge in [-0.3, -0.25) is 9.89 Å². The summed E-state index contributed by atoms with van der Waals surface area (Å²) in [6, 6.07) is 5.79. The molecule has 1 fully saturated rings. The molecule has 1 aliphatic rings. The Kier molecular flexibility index (Phi) is 8.60. The first kappa shape index (κ1) is 23.4. The second-order valence-electron chi connectivity index (χ2n) is 8.06. The molecule has 2 aromatic rings. The summed E-state index contributed by atoms with van der Waals surface area (Å²) in [4.78, 5) is 11.3. The number of aliphatic imine (C=N–C) groups is 1. The molecule has 0 amide bonds. The minimum absolute atomic E-state index is 0.638. The summed E-state index contributed by atoms with van der Waals surface area (Å²) in [5.41, 5.74) is 2.08. The molecular formula is C23H34ClN5O2. The fourth-order valence-corrected chi connectivity index (χ4v) is 4.05. The Hall–Kier alpha value is -2.25. The molecule has 0 aliphatic carbocycles. The third-order valence-corrected chi connectivity index (χ3v) is 6.22. The van der Waals surface area contributed by atoms with E-state index in [4.69, 9.17) is 20.8 Å². The summed E-state index contributed by atoms with van der Waals surface area (Å²) in [5.74, 6) is 3.99. The molecule has 0 spiro atoms. The lowest BCUT2D eigenvalue weighted by atomic mass is 9.97. The summed E-state index contributed by atoms with van der Waals surface area (Å²) in [6.45, 7) is 8.58. The maximum absolute atomic E-state index is 6.32. The number of rotatable bonds is 8. The van der Waals surface area contributed by atoms with Crippen molar-refractivity contribution >= 4 is 17.6 Å². The molecule has 7 nitrogen and oxygen atoms in total. The molecule has 8 heteroatoms. The lowest BCUT2D eigenvalue weighted by Crippen LogP contribution is -2.43. The van der Waals surface area contributed by atoms with Crippen molar-refractivity contribution in [3.8, 4) is 5.75 Å². The number of likely N-dealkylation sites (tertiary alicyclic amines) is 1. The maximum atomic E-state index is 6.32. The largest absolute Gasteiger partial charge is 0.497 e. The van der Waals surface area contributed by atoms with Crippen molar-refractivity contribution in [3.63, 3.8) is 0 Å². The van der Waals surface area contributed by atoms with Gasteiger partial charge in [-0.15, -0.1) is 0 Å². The van der Waals surface area contributed by atoms with Crippen LogP contribution in [0.5, 0.6) is 5.75 Å². The van der Waals surface area contributed by atoms with Crippen LogP contribution in [0.3, 0.4) is 0 Å². The first-order valence-electron chi connectivity index (χ1n) is 10.9. The summed E-state index contributed by atoms with van der Waals surface area (Å²) in [6.07, 6.45) is 3.13. The number of aryl methyl sites for hydroxylation is 2. The monoisotopic (exact) mass is 447 g/mol. The summed E-state index contributed by atoms with van der Waals surface area (Å²) < 4.78 is 10.9. The highest BCUT2D eigenvalue weighted by molar-refractivity contribution is 6.31. The van der Waals surface area contributed by atoms with Gasteiger partial charge in [0.1, 0.15) is 11.5 Å². The molecule has 0 saturated carbocycles. The fraction of sp³-hybridized carbons (Fsp3) is 0.565. The van der Waals surface area contributed by atoms with E-state index in [-0.39, 0.29) is 0 Å². The van der Waals surface area contributed by atoms with Crippen molar-refractivity contribution in [2.45, 2.75) is 39.7 Å². The molecule has 2 N–H and O–H groups in total. The third-order valence-electron chi connectivity index (χ3n) is 5.87. The van der Waals surface area contributed by atoms with Crippen LogP contribution >= 0.6 is 11.6 Å². The van der Waals surface area contributed by atoms with Gasteiger partial charge in [0.05, 0.1) is 19.3 Å². The predicted octanol–water partition coefficient (Wildman–Crippen LogP) is 3.57. The van der Waals surface area contributed by atoms with Crippen LogP contribution in [0.1, 0.15) is 35.7 Å². The Balaban J connectivity index is 1.35. The van der Waals surface area contributed by atoms with Gasteiger partial charge in [-0.05, 0) is 69.8 Å². The topological polar surface area (TPSA) is 74.9 Å². The number of methoxy groups -OCH3 is 1. The summed E-state index contributed by atoms with van der Waals surface area (Å²) >= 11 is 6.32. The highest BCUT2D eigenvalue weighted by atomic mass is 35.5. The van der Waals surface area contributed by atoms with Crippen LogP contribution in [-0.4, -0.2) is 56.2 Å². The number of nitrogens with zero attached hydrogens (tertiary/aromatic N) is 3. The minimum atomic E-state index is 0.638. The van der Waals surface area contributed by atoms with Gasteiger partial charge in [0.15, 0.2) is 5.96 Å². The number of ether oxygens (including phenoxy) is 1. The Morgan fingerprint density at radius 3 is 2.68 bits per heavy atom. The van der Waals surface area contributed by atoms with Crippen LogP contribution in [0.4, 0.5) is 0 Å². The Bertz CT molecular complexity index is 855. The minimum Gasteiger partial charge on any atom is -0.497 e. The van der Waals surface area contributed by atoms with E-state index in [9.17, 15) is 0 Å². The second kappa shape index (κ2) is 11.4. The highest BCUT2D eigenvalue weighted by Crippen LogP contribution is 2.22. The van der Waals surface area contributed by atoms with Crippen LogP contribution in [0.15, 0.2) is 27.6 Å². The molecule has 31 heavy (non-hydrogen) atoms. The quantitative estimate of drug-likeness (QED) is 0.476. The molecule has 2 heterocycles. The smallest absolute Gasteiger partial charge is 0.208 e. The number of nitrogens with one attached hydrogen (secondary N) is 2. The average Bonchev–Trinajstić information content (AvgIpc) is 3.09. The molecular weight excluding hydrogens is 414 g/mol. The van der Waals surface area contributed by atoms with Gasteiger partial charge in [-0.25, -0.2) is 4.98 Å². The Labute approximate surface area is 190 Å².